The normalized spacial score (nSPS) is 21.1. The average molecular weight is 304 g/mol. The number of piperidine rings is 1. The molecule has 7 heteroatoms. The van der Waals surface area contributed by atoms with Gasteiger partial charge in [-0.15, -0.1) is 11.3 Å². The predicted octanol–water partition coefficient (Wildman–Crippen LogP) is 3.44. The van der Waals surface area contributed by atoms with Gasteiger partial charge in [0.1, 0.15) is 5.69 Å². The van der Waals surface area contributed by atoms with Crippen LogP contribution in [-0.2, 0) is 6.42 Å². The molecule has 0 aromatic carbocycles. The highest BCUT2D eigenvalue weighted by Crippen LogP contribution is 2.37. The fraction of sp³-hybridized carbons (Fsp3) is 0.692. The Bertz CT molecular complexity index is 518. The van der Waals surface area contributed by atoms with Crippen LogP contribution in [0.1, 0.15) is 41.0 Å². The first-order valence-electron chi connectivity index (χ1n) is 6.79. The Balaban J connectivity index is 1.71. The number of alkyl halides is 3. The molecule has 0 bridgehead atoms. The van der Waals surface area contributed by atoms with Gasteiger partial charge in [0, 0.05) is 24.4 Å². The first-order valence-corrected chi connectivity index (χ1v) is 7.61. The van der Waals surface area contributed by atoms with E-state index in [9.17, 15) is 18.0 Å². The van der Waals surface area contributed by atoms with Gasteiger partial charge in [-0.25, -0.2) is 4.98 Å². The van der Waals surface area contributed by atoms with Gasteiger partial charge in [0.2, 0.25) is 0 Å². The van der Waals surface area contributed by atoms with Crippen molar-refractivity contribution in [2.75, 3.05) is 18.0 Å². The fourth-order valence-electron chi connectivity index (χ4n) is 2.79. The molecule has 3 nitrogen and oxygen atoms in total. The maximum Gasteiger partial charge on any atom is 0.391 e. The molecule has 110 valence electrons. The molecule has 20 heavy (non-hydrogen) atoms. The summed E-state index contributed by atoms with van der Waals surface area (Å²) in [7, 11) is 0. The number of anilines is 1. The highest BCUT2D eigenvalue weighted by atomic mass is 32.1. The summed E-state index contributed by atoms with van der Waals surface area (Å²) in [6, 6.07) is 0. The van der Waals surface area contributed by atoms with Crippen molar-refractivity contribution in [3.8, 4) is 0 Å². The summed E-state index contributed by atoms with van der Waals surface area (Å²) in [5.74, 6) is -1.13. The molecule has 0 atom stereocenters. The van der Waals surface area contributed by atoms with Crippen LogP contribution in [0, 0.1) is 5.92 Å². The van der Waals surface area contributed by atoms with E-state index in [1.54, 1.807) is 0 Å². The molecule has 0 unspecified atom stereocenters. The molecule has 0 radical (unpaired) electrons. The zero-order valence-electron chi connectivity index (χ0n) is 10.9. The van der Waals surface area contributed by atoms with Crippen LogP contribution in [0.15, 0.2) is 0 Å². The van der Waals surface area contributed by atoms with Gasteiger partial charge in [0.15, 0.2) is 10.9 Å². The van der Waals surface area contributed by atoms with Crippen molar-refractivity contribution >= 4 is 22.3 Å². The number of thiazole rings is 1. The van der Waals surface area contributed by atoms with Crippen LogP contribution in [0.25, 0.3) is 0 Å². The van der Waals surface area contributed by atoms with Crippen LogP contribution >= 0.6 is 11.3 Å². The van der Waals surface area contributed by atoms with Crippen molar-refractivity contribution in [3.05, 3.63) is 10.6 Å². The molecule has 1 aliphatic heterocycles. The second-order valence-electron chi connectivity index (χ2n) is 5.35. The minimum atomic E-state index is -4.09. The van der Waals surface area contributed by atoms with E-state index in [4.69, 9.17) is 0 Å². The Labute approximate surface area is 118 Å². The first kappa shape index (κ1) is 13.9. The van der Waals surface area contributed by atoms with Crippen LogP contribution < -0.4 is 4.90 Å². The van der Waals surface area contributed by atoms with Crippen LogP contribution in [0.4, 0.5) is 18.3 Å². The largest absolute Gasteiger partial charge is 0.391 e. The Morgan fingerprint density at radius 3 is 2.50 bits per heavy atom. The zero-order valence-corrected chi connectivity index (χ0v) is 11.7. The van der Waals surface area contributed by atoms with Gasteiger partial charge in [-0.2, -0.15) is 13.2 Å². The lowest BCUT2D eigenvalue weighted by atomic mass is 9.97. The first-order chi connectivity index (χ1) is 9.45. The quantitative estimate of drug-likeness (QED) is 0.797. The van der Waals surface area contributed by atoms with E-state index in [1.165, 1.54) is 11.3 Å². The number of Topliss-reactive ketones (excluding diaryl/α,β-unsaturated/α-hetero) is 1. The molecule has 2 aliphatic rings. The summed E-state index contributed by atoms with van der Waals surface area (Å²) in [5.41, 5.74) is 0.550. The smallest absolute Gasteiger partial charge is 0.348 e. The second kappa shape index (κ2) is 5.02. The number of aromatic nitrogens is 1. The zero-order chi connectivity index (χ0) is 14.3. The van der Waals surface area contributed by atoms with Gasteiger partial charge in [0.05, 0.1) is 5.92 Å². The summed E-state index contributed by atoms with van der Waals surface area (Å²) >= 11 is 1.47. The van der Waals surface area contributed by atoms with E-state index in [-0.39, 0.29) is 18.6 Å². The minimum Gasteiger partial charge on any atom is -0.348 e. The van der Waals surface area contributed by atoms with E-state index >= 15 is 0 Å². The van der Waals surface area contributed by atoms with Crippen LogP contribution in [-0.4, -0.2) is 30.0 Å². The van der Waals surface area contributed by atoms with Crippen molar-refractivity contribution in [1.82, 2.24) is 4.98 Å². The van der Waals surface area contributed by atoms with Gasteiger partial charge in [-0.05, 0) is 25.7 Å². The maximum atomic E-state index is 12.6. The molecule has 1 fully saturated rings. The maximum absolute atomic E-state index is 12.6. The van der Waals surface area contributed by atoms with Gasteiger partial charge < -0.3 is 4.90 Å². The van der Waals surface area contributed by atoms with Crippen LogP contribution in [0.3, 0.4) is 0 Å². The van der Waals surface area contributed by atoms with E-state index in [0.717, 1.165) is 17.7 Å². The molecule has 0 amide bonds. The Kier molecular flexibility index (Phi) is 3.48. The van der Waals surface area contributed by atoms with E-state index in [0.29, 0.717) is 30.3 Å². The third-order valence-electron chi connectivity index (χ3n) is 3.99. The average Bonchev–Trinajstić information content (AvgIpc) is 2.83. The van der Waals surface area contributed by atoms with E-state index < -0.39 is 12.1 Å². The van der Waals surface area contributed by atoms with Gasteiger partial charge in [-0.1, -0.05) is 0 Å². The lowest BCUT2D eigenvalue weighted by Gasteiger charge is -2.32. The Morgan fingerprint density at radius 1 is 1.20 bits per heavy atom. The third kappa shape index (κ3) is 2.55. The summed E-state index contributed by atoms with van der Waals surface area (Å²) in [6.45, 7) is 0.732. The fourth-order valence-corrected chi connectivity index (χ4v) is 3.96. The van der Waals surface area contributed by atoms with Gasteiger partial charge in [-0.3, -0.25) is 4.79 Å². The number of rotatable bonds is 1. The molecule has 0 saturated carbocycles. The third-order valence-corrected chi connectivity index (χ3v) is 5.16. The molecule has 1 aliphatic carbocycles. The van der Waals surface area contributed by atoms with E-state index in [2.05, 4.69) is 4.98 Å². The highest BCUT2D eigenvalue weighted by molar-refractivity contribution is 7.16. The Morgan fingerprint density at radius 2 is 1.90 bits per heavy atom. The molecular weight excluding hydrogens is 289 g/mol. The summed E-state index contributed by atoms with van der Waals surface area (Å²) in [6.07, 6.45) is -1.62. The number of aryl methyl sites for hydroxylation is 1. The lowest BCUT2D eigenvalue weighted by Crippen LogP contribution is -2.39. The molecule has 2 heterocycles. The number of hydrogen-bond acceptors (Lipinski definition) is 4. The monoisotopic (exact) mass is 304 g/mol. The number of carbonyl (C=O) groups excluding carboxylic acids is 1. The number of halogens is 3. The lowest BCUT2D eigenvalue weighted by molar-refractivity contribution is -0.179. The molecule has 1 aromatic rings. The number of carbonyl (C=O) groups is 1. The molecular formula is C13H15F3N2OS. The number of ketones is 1. The molecule has 0 spiro atoms. The molecule has 3 rings (SSSR count). The van der Waals surface area contributed by atoms with Crippen molar-refractivity contribution in [2.24, 2.45) is 5.92 Å². The van der Waals surface area contributed by atoms with Crippen LogP contribution in [0.5, 0.6) is 0 Å². The minimum absolute atomic E-state index is 0.0685. The second-order valence-corrected chi connectivity index (χ2v) is 6.41. The SMILES string of the molecule is O=C1CCCc2sc(N3CCC(C(F)(F)F)CC3)nc21. The van der Waals surface area contributed by atoms with Crippen LogP contribution in [0.2, 0.25) is 0 Å². The Hall–Kier alpha value is -1.11. The highest BCUT2D eigenvalue weighted by Gasteiger charge is 2.41. The molecule has 1 aromatic heterocycles. The van der Waals surface area contributed by atoms with Gasteiger partial charge in [0.25, 0.3) is 0 Å². The summed E-state index contributed by atoms with van der Waals surface area (Å²) < 4.78 is 37.9. The molecule has 1 saturated heterocycles. The van der Waals surface area contributed by atoms with Crippen molar-refractivity contribution < 1.29 is 18.0 Å². The molecule has 0 N–H and O–H groups in total. The van der Waals surface area contributed by atoms with Crippen molar-refractivity contribution in [3.63, 3.8) is 0 Å². The standard InChI is InChI=1S/C13H15F3N2OS/c14-13(15,16)8-4-6-18(7-5-8)12-17-11-9(19)2-1-3-10(11)20-12/h8H,1-7H2. The van der Waals surface area contributed by atoms with Gasteiger partial charge >= 0.3 is 6.18 Å². The van der Waals surface area contributed by atoms with Crippen molar-refractivity contribution in [2.45, 2.75) is 38.3 Å². The number of nitrogens with zero attached hydrogens (tertiary/aromatic N) is 2. The topological polar surface area (TPSA) is 33.2 Å². The van der Waals surface area contributed by atoms with Crippen molar-refractivity contribution in [1.29, 1.82) is 0 Å². The predicted molar refractivity (Wildman–Crippen MR) is 70.4 cm³/mol. The number of fused-ring (bicyclic) bond motifs is 1. The van der Waals surface area contributed by atoms with E-state index in [1.807, 2.05) is 4.90 Å². The summed E-state index contributed by atoms with van der Waals surface area (Å²) in [4.78, 5) is 19.0. The summed E-state index contributed by atoms with van der Waals surface area (Å²) in [5, 5.41) is 0.714. The number of hydrogen-bond donors (Lipinski definition) is 0.